The molecule has 0 unspecified atom stereocenters. The Morgan fingerprint density at radius 1 is 1.14 bits per heavy atom. The van der Waals surface area contributed by atoms with Gasteiger partial charge in [0.05, 0.1) is 18.2 Å². The number of ether oxygens (including phenoxy) is 1. The second-order valence-electron chi connectivity index (χ2n) is 7.06. The molecule has 8 heteroatoms. The predicted molar refractivity (Wildman–Crippen MR) is 108 cm³/mol. The molecule has 3 aromatic rings. The van der Waals surface area contributed by atoms with Crippen LogP contribution < -0.4 is 16.6 Å². The molecule has 1 N–H and O–H groups in total. The molecular formula is C21H22N4O4. The zero-order chi connectivity index (χ0) is 20.2. The molecule has 2 aromatic heterocycles. The second kappa shape index (κ2) is 8.40. The van der Waals surface area contributed by atoms with Gasteiger partial charge in [-0.15, -0.1) is 0 Å². The highest BCUT2D eigenvalue weighted by molar-refractivity contribution is 5.79. The third-order valence-corrected chi connectivity index (χ3v) is 5.02. The first kappa shape index (κ1) is 19.1. The van der Waals surface area contributed by atoms with Gasteiger partial charge in [-0.2, -0.15) is 0 Å². The monoisotopic (exact) mass is 394 g/mol. The van der Waals surface area contributed by atoms with E-state index in [0.717, 1.165) is 23.0 Å². The van der Waals surface area contributed by atoms with E-state index in [-0.39, 0.29) is 30.6 Å². The number of aromatic nitrogens is 3. The second-order valence-corrected chi connectivity index (χ2v) is 7.06. The van der Waals surface area contributed by atoms with E-state index >= 15 is 0 Å². The minimum absolute atomic E-state index is 0.0149. The SMILES string of the molecule is O=C(Cn1c(=O)n(Cc2ccccc2)c(=O)c2ncccc21)NC[C@@H]1CCCO1. The van der Waals surface area contributed by atoms with Crippen LogP contribution >= 0.6 is 0 Å². The molecular weight excluding hydrogens is 372 g/mol. The van der Waals surface area contributed by atoms with E-state index in [1.165, 1.54) is 10.8 Å². The van der Waals surface area contributed by atoms with Crippen LogP contribution in [0.1, 0.15) is 18.4 Å². The summed E-state index contributed by atoms with van der Waals surface area (Å²) in [5.41, 5.74) is 0.322. The van der Waals surface area contributed by atoms with Crippen molar-refractivity contribution in [2.24, 2.45) is 0 Å². The molecule has 8 nitrogen and oxygen atoms in total. The van der Waals surface area contributed by atoms with Crippen LogP contribution in [0.5, 0.6) is 0 Å². The normalized spacial score (nSPS) is 16.2. The maximum atomic E-state index is 13.1. The van der Waals surface area contributed by atoms with Crippen molar-refractivity contribution in [2.75, 3.05) is 13.2 Å². The molecule has 1 aliphatic heterocycles. The van der Waals surface area contributed by atoms with Crippen LogP contribution in [0.3, 0.4) is 0 Å². The number of hydrogen-bond acceptors (Lipinski definition) is 5. The van der Waals surface area contributed by atoms with Crippen LogP contribution in [0, 0.1) is 0 Å². The summed E-state index contributed by atoms with van der Waals surface area (Å²) >= 11 is 0. The Labute approximate surface area is 166 Å². The minimum atomic E-state index is -0.536. The lowest BCUT2D eigenvalue weighted by molar-refractivity contribution is -0.122. The first-order valence-corrected chi connectivity index (χ1v) is 9.64. The molecule has 3 heterocycles. The number of rotatable bonds is 6. The van der Waals surface area contributed by atoms with Gasteiger partial charge >= 0.3 is 5.69 Å². The van der Waals surface area contributed by atoms with E-state index < -0.39 is 11.2 Å². The van der Waals surface area contributed by atoms with Gasteiger partial charge in [-0.05, 0) is 30.5 Å². The number of hydrogen-bond donors (Lipinski definition) is 1. The number of benzene rings is 1. The topological polar surface area (TPSA) is 95.2 Å². The Bertz CT molecular complexity index is 1130. The molecule has 0 aliphatic carbocycles. The van der Waals surface area contributed by atoms with Crippen molar-refractivity contribution in [3.63, 3.8) is 0 Å². The first-order valence-electron chi connectivity index (χ1n) is 9.64. The van der Waals surface area contributed by atoms with Gasteiger partial charge < -0.3 is 10.1 Å². The van der Waals surface area contributed by atoms with Crippen molar-refractivity contribution in [3.8, 4) is 0 Å². The molecule has 29 heavy (non-hydrogen) atoms. The van der Waals surface area contributed by atoms with E-state index in [9.17, 15) is 14.4 Å². The van der Waals surface area contributed by atoms with Crippen molar-refractivity contribution in [1.29, 1.82) is 0 Å². The molecule has 1 aromatic carbocycles. The Hall–Kier alpha value is -3.26. The predicted octanol–water partition coefficient (Wildman–Crippen LogP) is 0.902. The average Bonchev–Trinajstić information content (AvgIpc) is 3.27. The van der Waals surface area contributed by atoms with E-state index in [0.29, 0.717) is 18.7 Å². The molecule has 150 valence electrons. The lowest BCUT2D eigenvalue weighted by atomic mass is 10.2. The van der Waals surface area contributed by atoms with Crippen molar-refractivity contribution in [3.05, 3.63) is 75.1 Å². The smallest absolute Gasteiger partial charge is 0.332 e. The van der Waals surface area contributed by atoms with Gasteiger partial charge in [0.1, 0.15) is 6.54 Å². The van der Waals surface area contributed by atoms with E-state index in [2.05, 4.69) is 10.3 Å². The van der Waals surface area contributed by atoms with Crippen LogP contribution in [-0.4, -0.2) is 39.3 Å². The van der Waals surface area contributed by atoms with Crippen molar-refractivity contribution >= 4 is 16.9 Å². The summed E-state index contributed by atoms with van der Waals surface area (Å²) in [4.78, 5) is 42.6. The third kappa shape index (κ3) is 4.12. The van der Waals surface area contributed by atoms with Gasteiger partial charge in [0, 0.05) is 19.3 Å². The quantitative estimate of drug-likeness (QED) is 0.670. The molecule has 1 amide bonds. The lowest BCUT2D eigenvalue weighted by Crippen LogP contribution is -2.43. The van der Waals surface area contributed by atoms with Crippen LogP contribution in [0.2, 0.25) is 0 Å². The number of carbonyl (C=O) groups is 1. The maximum Gasteiger partial charge on any atom is 0.332 e. The first-order chi connectivity index (χ1) is 14.1. The summed E-state index contributed by atoms with van der Waals surface area (Å²) in [6, 6.07) is 12.5. The van der Waals surface area contributed by atoms with Crippen LogP contribution in [0.25, 0.3) is 11.0 Å². The Balaban J connectivity index is 1.67. The van der Waals surface area contributed by atoms with Crippen LogP contribution in [0.4, 0.5) is 0 Å². The molecule has 0 spiro atoms. The van der Waals surface area contributed by atoms with Gasteiger partial charge in [0.25, 0.3) is 5.56 Å². The number of amides is 1. The highest BCUT2D eigenvalue weighted by Crippen LogP contribution is 2.10. The standard InChI is InChI=1S/C21H22N4O4/c26-18(23-12-16-8-5-11-29-16)14-24-17-9-4-10-22-19(17)20(27)25(21(24)28)13-15-6-2-1-3-7-15/h1-4,6-7,9-10,16H,5,8,11-14H2,(H,23,26)/t16-/m0/s1. The van der Waals surface area contributed by atoms with Gasteiger partial charge in [-0.3, -0.25) is 18.7 Å². The summed E-state index contributed by atoms with van der Waals surface area (Å²) in [7, 11) is 0. The van der Waals surface area contributed by atoms with Gasteiger partial charge in [0.15, 0.2) is 5.52 Å². The number of pyridine rings is 1. The molecule has 1 atom stereocenters. The number of nitrogens with one attached hydrogen (secondary N) is 1. The fourth-order valence-corrected chi connectivity index (χ4v) is 3.53. The number of carbonyl (C=O) groups excluding carboxylic acids is 1. The zero-order valence-electron chi connectivity index (χ0n) is 15.9. The Morgan fingerprint density at radius 3 is 2.72 bits per heavy atom. The van der Waals surface area contributed by atoms with Gasteiger partial charge in [0.2, 0.25) is 5.91 Å². The van der Waals surface area contributed by atoms with Crippen molar-refractivity contribution in [1.82, 2.24) is 19.4 Å². The number of nitrogens with zero attached hydrogens (tertiary/aromatic N) is 3. The number of fused-ring (bicyclic) bond motifs is 1. The molecule has 0 radical (unpaired) electrons. The highest BCUT2D eigenvalue weighted by atomic mass is 16.5. The molecule has 1 fully saturated rings. The van der Waals surface area contributed by atoms with Crippen molar-refractivity contribution in [2.45, 2.75) is 32.0 Å². The van der Waals surface area contributed by atoms with E-state index in [4.69, 9.17) is 4.74 Å². The molecule has 1 saturated heterocycles. The summed E-state index contributed by atoms with van der Waals surface area (Å²) in [5.74, 6) is -0.308. The lowest BCUT2D eigenvalue weighted by Gasteiger charge is -2.15. The summed E-state index contributed by atoms with van der Waals surface area (Å²) in [5, 5.41) is 2.82. The van der Waals surface area contributed by atoms with Crippen LogP contribution in [0.15, 0.2) is 58.3 Å². The third-order valence-electron chi connectivity index (χ3n) is 5.02. The fourth-order valence-electron chi connectivity index (χ4n) is 3.53. The highest BCUT2D eigenvalue weighted by Gasteiger charge is 2.19. The molecule has 4 rings (SSSR count). The summed E-state index contributed by atoms with van der Waals surface area (Å²) in [6.45, 7) is 1.04. The molecule has 0 bridgehead atoms. The Kier molecular flexibility index (Phi) is 5.53. The fraction of sp³-hybridized carbons (Fsp3) is 0.333. The van der Waals surface area contributed by atoms with Gasteiger partial charge in [-0.1, -0.05) is 30.3 Å². The average molecular weight is 394 g/mol. The largest absolute Gasteiger partial charge is 0.376 e. The zero-order valence-corrected chi connectivity index (χ0v) is 15.9. The van der Waals surface area contributed by atoms with Crippen LogP contribution in [-0.2, 0) is 22.6 Å². The summed E-state index contributed by atoms with van der Waals surface area (Å²) < 4.78 is 7.94. The molecule has 0 saturated carbocycles. The van der Waals surface area contributed by atoms with Gasteiger partial charge in [-0.25, -0.2) is 9.78 Å². The molecule has 1 aliphatic rings. The maximum absolute atomic E-state index is 13.1. The van der Waals surface area contributed by atoms with Crippen molar-refractivity contribution < 1.29 is 9.53 Å². The summed E-state index contributed by atoms with van der Waals surface area (Å²) in [6.07, 6.45) is 3.42. The Morgan fingerprint density at radius 2 is 1.97 bits per heavy atom. The van der Waals surface area contributed by atoms with E-state index in [1.807, 2.05) is 30.3 Å². The van der Waals surface area contributed by atoms with E-state index in [1.54, 1.807) is 12.1 Å². The minimum Gasteiger partial charge on any atom is -0.376 e.